The van der Waals surface area contributed by atoms with Gasteiger partial charge in [-0.15, -0.1) is 0 Å². The lowest BCUT2D eigenvalue weighted by Crippen LogP contribution is -2.36. The van der Waals surface area contributed by atoms with Gasteiger partial charge in [0.15, 0.2) is 0 Å². The van der Waals surface area contributed by atoms with Crippen LogP contribution in [0.2, 0.25) is 0 Å². The second kappa shape index (κ2) is 4.27. The van der Waals surface area contributed by atoms with Crippen molar-refractivity contribution in [1.82, 2.24) is 0 Å². The van der Waals surface area contributed by atoms with E-state index in [9.17, 15) is 4.79 Å². The zero-order chi connectivity index (χ0) is 12.6. The molecule has 2 atom stereocenters. The van der Waals surface area contributed by atoms with E-state index in [0.717, 1.165) is 6.42 Å². The van der Waals surface area contributed by atoms with Gasteiger partial charge in [0.05, 0.1) is 0 Å². The molecule has 2 unspecified atom stereocenters. The molecule has 1 aliphatic rings. The standard InChI is InChI=1S/C13H24O3/c1-12(2,3)7-9(13(4,5)6)10-8-15-11(14)16-10/h9-10H,7-8H2,1-6H3. The van der Waals surface area contributed by atoms with Crippen LogP contribution in [-0.4, -0.2) is 18.9 Å². The van der Waals surface area contributed by atoms with Crippen LogP contribution in [0.4, 0.5) is 4.79 Å². The lowest BCUT2D eigenvalue weighted by Gasteiger charge is -2.37. The predicted molar refractivity (Wildman–Crippen MR) is 63.2 cm³/mol. The Morgan fingerprint density at radius 3 is 2.12 bits per heavy atom. The van der Waals surface area contributed by atoms with E-state index in [-0.39, 0.29) is 16.9 Å². The zero-order valence-electron chi connectivity index (χ0n) is 11.3. The fraction of sp³-hybridized carbons (Fsp3) is 0.923. The van der Waals surface area contributed by atoms with Gasteiger partial charge in [-0.2, -0.15) is 0 Å². The van der Waals surface area contributed by atoms with Crippen molar-refractivity contribution < 1.29 is 14.3 Å². The highest BCUT2D eigenvalue weighted by Gasteiger charge is 2.41. The zero-order valence-corrected chi connectivity index (χ0v) is 11.3. The molecular formula is C13H24O3. The number of rotatable bonds is 2. The van der Waals surface area contributed by atoms with E-state index in [1.807, 2.05) is 0 Å². The Morgan fingerprint density at radius 2 is 1.81 bits per heavy atom. The first-order chi connectivity index (χ1) is 7.09. The number of carbonyl (C=O) groups excluding carboxylic acids is 1. The molecule has 0 saturated carbocycles. The number of ether oxygens (including phenoxy) is 2. The summed E-state index contributed by atoms with van der Waals surface area (Å²) in [6.07, 6.45) is 0.414. The molecule has 0 spiro atoms. The number of carbonyl (C=O) groups is 1. The van der Waals surface area contributed by atoms with Gasteiger partial charge in [0.25, 0.3) is 0 Å². The fourth-order valence-corrected chi connectivity index (χ4v) is 2.20. The highest BCUT2D eigenvalue weighted by atomic mass is 16.8. The molecule has 0 N–H and O–H groups in total. The minimum Gasteiger partial charge on any atom is -0.430 e. The van der Waals surface area contributed by atoms with Crippen molar-refractivity contribution in [3.8, 4) is 0 Å². The molecule has 0 radical (unpaired) electrons. The summed E-state index contributed by atoms with van der Waals surface area (Å²) in [5, 5.41) is 0. The van der Waals surface area contributed by atoms with Gasteiger partial charge >= 0.3 is 6.16 Å². The fourth-order valence-electron chi connectivity index (χ4n) is 2.20. The summed E-state index contributed by atoms with van der Waals surface area (Å²) in [5.41, 5.74) is 0.346. The first-order valence-corrected chi connectivity index (χ1v) is 5.93. The molecule has 0 aromatic carbocycles. The molecule has 1 fully saturated rings. The van der Waals surface area contributed by atoms with Crippen molar-refractivity contribution in [2.75, 3.05) is 6.61 Å². The van der Waals surface area contributed by atoms with E-state index in [1.54, 1.807) is 0 Å². The van der Waals surface area contributed by atoms with Crippen LogP contribution in [0.3, 0.4) is 0 Å². The smallest absolute Gasteiger partial charge is 0.430 e. The molecule has 0 aromatic heterocycles. The van der Waals surface area contributed by atoms with E-state index in [1.165, 1.54) is 0 Å². The maximum absolute atomic E-state index is 11.0. The molecule has 1 heterocycles. The van der Waals surface area contributed by atoms with Crippen LogP contribution in [0.15, 0.2) is 0 Å². The van der Waals surface area contributed by atoms with Crippen LogP contribution < -0.4 is 0 Å². The van der Waals surface area contributed by atoms with Crippen LogP contribution >= 0.6 is 0 Å². The molecule has 16 heavy (non-hydrogen) atoms. The first kappa shape index (κ1) is 13.3. The largest absolute Gasteiger partial charge is 0.508 e. The Kier molecular flexibility index (Phi) is 3.56. The van der Waals surface area contributed by atoms with Gasteiger partial charge in [-0.05, 0) is 17.3 Å². The van der Waals surface area contributed by atoms with Crippen LogP contribution in [0.1, 0.15) is 48.0 Å². The van der Waals surface area contributed by atoms with Gasteiger partial charge in [0, 0.05) is 5.92 Å². The number of hydrogen-bond acceptors (Lipinski definition) is 3. The quantitative estimate of drug-likeness (QED) is 0.677. The molecule has 0 aromatic rings. The monoisotopic (exact) mass is 228 g/mol. The van der Waals surface area contributed by atoms with Crippen molar-refractivity contribution in [2.24, 2.45) is 16.7 Å². The third-order valence-corrected chi connectivity index (χ3v) is 3.01. The Balaban J connectivity index is 2.76. The third kappa shape index (κ3) is 3.69. The summed E-state index contributed by atoms with van der Waals surface area (Å²) in [6, 6.07) is 0. The summed E-state index contributed by atoms with van der Waals surface area (Å²) in [4.78, 5) is 11.0. The summed E-state index contributed by atoms with van der Waals surface area (Å²) >= 11 is 0. The molecule has 1 rings (SSSR count). The Bertz CT molecular complexity index is 257. The average molecular weight is 228 g/mol. The topological polar surface area (TPSA) is 35.5 Å². The highest BCUT2D eigenvalue weighted by Crippen LogP contribution is 2.40. The minimum atomic E-state index is -0.520. The summed E-state index contributed by atoms with van der Waals surface area (Å²) < 4.78 is 10.1. The molecule has 1 saturated heterocycles. The molecule has 3 heteroatoms. The van der Waals surface area contributed by atoms with Crippen LogP contribution in [-0.2, 0) is 9.47 Å². The lowest BCUT2D eigenvalue weighted by molar-refractivity contribution is 0.0302. The van der Waals surface area contributed by atoms with Crippen molar-refractivity contribution in [3.05, 3.63) is 0 Å². The van der Waals surface area contributed by atoms with Crippen LogP contribution in [0, 0.1) is 16.7 Å². The molecule has 0 aliphatic carbocycles. The van der Waals surface area contributed by atoms with Crippen LogP contribution in [0.25, 0.3) is 0 Å². The second-order valence-electron chi connectivity index (χ2n) is 6.95. The van der Waals surface area contributed by atoms with Crippen molar-refractivity contribution in [3.63, 3.8) is 0 Å². The lowest BCUT2D eigenvalue weighted by atomic mass is 9.70. The Hall–Kier alpha value is -0.730. The highest BCUT2D eigenvalue weighted by molar-refractivity contribution is 5.61. The minimum absolute atomic E-state index is 0.0910. The molecule has 94 valence electrons. The van der Waals surface area contributed by atoms with Gasteiger partial charge in [-0.3, -0.25) is 0 Å². The Morgan fingerprint density at radius 1 is 1.25 bits per heavy atom. The summed E-state index contributed by atoms with van der Waals surface area (Å²) in [7, 11) is 0. The molecular weight excluding hydrogens is 204 g/mol. The number of cyclic esters (lactones) is 2. The van der Waals surface area contributed by atoms with Gasteiger partial charge in [-0.1, -0.05) is 41.5 Å². The van der Waals surface area contributed by atoms with Gasteiger partial charge in [0.2, 0.25) is 0 Å². The first-order valence-electron chi connectivity index (χ1n) is 5.93. The van der Waals surface area contributed by atoms with Gasteiger partial charge in [-0.25, -0.2) is 4.79 Å². The number of hydrogen-bond donors (Lipinski definition) is 0. The maximum atomic E-state index is 11.0. The average Bonchev–Trinajstić information content (AvgIpc) is 2.43. The van der Waals surface area contributed by atoms with Crippen molar-refractivity contribution in [1.29, 1.82) is 0 Å². The molecule has 3 nitrogen and oxygen atoms in total. The molecule has 1 aliphatic heterocycles. The summed E-state index contributed by atoms with van der Waals surface area (Å²) in [5.74, 6) is 0.332. The van der Waals surface area contributed by atoms with E-state index in [2.05, 4.69) is 41.5 Å². The van der Waals surface area contributed by atoms with E-state index in [4.69, 9.17) is 9.47 Å². The molecule has 0 amide bonds. The SMILES string of the molecule is CC(C)(C)CC(C1COC(=O)O1)C(C)(C)C. The van der Waals surface area contributed by atoms with Crippen molar-refractivity contribution >= 4 is 6.16 Å². The second-order valence-corrected chi connectivity index (χ2v) is 6.95. The van der Waals surface area contributed by atoms with E-state index in [0.29, 0.717) is 12.5 Å². The summed E-state index contributed by atoms with van der Waals surface area (Å²) in [6.45, 7) is 13.6. The van der Waals surface area contributed by atoms with Crippen molar-refractivity contribution in [2.45, 2.75) is 54.1 Å². The normalized spacial score (nSPS) is 23.9. The predicted octanol–water partition coefficient (Wildman–Crippen LogP) is 3.62. The third-order valence-electron chi connectivity index (χ3n) is 3.01. The van der Waals surface area contributed by atoms with E-state index < -0.39 is 6.16 Å². The van der Waals surface area contributed by atoms with Crippen LogP contribution in [0.5, 0.6) is 0 Å². The van der Waals surface area contributed by atoms with E-state index >= 15 is 0 Å². The molecule has 0 bridgehead atoms. The van der Waals surface area contributed by atoms with Gasteiger partial charge < -0.3 is 9.47 Å². The van der Waals surface area contributed by atoms with Gasteiger partial charge in [0.1, 0.15) is 12.7 Å². The maximum Gasteiger partial charge on any atom is 0.508 e. The Labute approximate surface area is 98.5 Å².